The van der Waals surface area contributed by atoms with Crippen LogP contribution in [0.2, 0.25) is 0 Å². The predicted octanol–water partition coefficient (Wildman–Crippen LogP) is 1.22. The van der Waals surface area contributed by atoms with Gasteiger partial charge in [-0.3, -0.25) is 4.21 Å². The summed E-state index contributed by atoms with van der Waals surface area (Å²) in [6, 6.07) is 1.24. The zero-order valence-electron chi connectivity index (χ0n) is 9.97. The molecule has 94 valence electrons. The third-order valence-electron chi connectivity index (χ3n) is 3.65. The van der Waals surface area contributed by atoms with Gasteiger partial charge in [0.1, 0.15) is 0 Å². The van der Waals surface area contributed by atoms with E-state index in [2.05, 4.69) is 14.9 Å². The van der Waals surface area contributed by atoms with Gasteiger partial charge < -0.3 is 9.88 Å². The lowest BCUT2D eigenvalue weighted by Gasteiger charge is -2.22. The van der Waals surface area contributed by atoms with Gasteiger partial charge in [0.05, 0.1) is 12.0 Å². The van der Waals surface area contributed by atoms with Gasteiger partial charge in [0.2, 0.25) is 0 Å². The normalized spacial score (nSPS) is 29.4. The summed E-state index contributed by atoms with van der Waals surface area (Å²) in [7, 11) is -0.560. The number of aromatic nitrogens is 2. The number of nitrogens with zero attached hydrogens (tertiary/aromatic N) is 2. The van der Waals surface area contributed by atoms with Gasteiger partial charge in [-0.25, -0.2) is 4.98 Å². The second-order valence-electron chi connectivity index (χ2n) is 5.03. The van der Waals surface area contributed by atoms with Crippen molar-refractivity contribution in [3.05, 3.63) is 18.2 Å². The standard InChI is InChI=1S/C12H19N3OS/c16-17-5-3-10(4-6-17)14-8-12-7-13-9-15(12)11-1-2-11/h7,9-11,14H,1-6,8H2. The fourth-order valence-corrected chi connectivity index (χ4v) is 3.70. The summed E-state index contributed by atoms with van der Waals surface area (Å²) >= 11 is 0. The first-order chi connectivity index (χ1) is 8.33. The Labute approximate surface area is 104 Å². The van der Waals surface area contributed by atoms with Crippen LogP contribution in [-0.2, 0) is 17.3 Å². The Balaban J connectivity index is 1.53. The van der Waals surface area contributed by atoms with Gasteiger partial charge in [0.15, 0.2) is 0 Å². The van der Waals surface area contributed by atoms with E-state index in [9.17, 15) is 4.21 Å². The van der Waals surface area contributed by atoms with Crippen molar-refractivity contribution < 1.29 is 4.21 Å². The molecule has 2 aliphatic rings. The fraction of sp³-hybridized carbons (Fsp3) is 0.750. The molecule has 0 unspecified atom stereocenters. The fourth-order valence-electron chi connectivity index (χ4n) is 2.40. The Morgan fingerprint density at radius 1 is 1.35 bits per heavy atom. The number of hydrogen-bond donors (Lipinski definition) is 1. The SMILES string of the molecule is O=S1CCC(NCc2cncn2C2CC2)CC1. The topological polar surface area (TPSA) is 46.9 Å². The van der Waals surface area contributed by atoms with Crippen LogP contribution in [0.25, 0.3) is 0 Å². The molecular weight excluding hydrogens is 234 g/mol. The summed E-state index contributed by atoms with van der Waals surface area (Å²) in [5, 5.41) is 3.57. The van der Waals surface area contributed by atoms with Crippen LogP contribution in [0.1, 0.15) is 37.4 Å². The molecule has 1 aromatic rings. The van der Waals surface area contributed by atoms with Crippen LogP contribution in [0.4, 0.5) is 0 Å². The van der Waals surface area contributed by atoms with Crippen molar-refractivity contribution in [2.45, 2.75) is 44.3 Å². The monoisotopic (exact) mass is 253 g/mol. The van der Waals surface area contributed by atoms with E-state index in [1.165, 1.54) is 18.5 Å². The Morgan fingerprint density at radius 3 is 2.82 bits per heavy atom. The summed E-state index contributed by atoms with van der Waals surface area (Å²) in [5.74, 6) is 1.72. The minimum absolute atomic E-state index is 0.537. The second kappa shape index (κ2) is 4.90. The van der Waals surface area contributed by atoms with E-state index >= 15 is 0 Å². The lowest BCUT2D eigenvalue weighted by molar-refractivity contribution is 0.465. The van der Waals surface area contributed by atoms with Crippen LogP contribution in [0.15, 0.2) is 12.5 Å². The van der Waals surface area contributed by atoms with E-state index in [0.29, 0.717) is 12.1 Å². The molecule has 1 aliphatic heterocycles. The number of nitrogens with one attached hydrogen (secondary N) is 1. The Morgan fingerprint density at radius 2 is 2.12 bits per heavy atom. The van der Waals surface area contributed by atoms with Crippen LogP contribution in [0.5, 0.6) is 0 Å². The molecule has 1 N–H and O–H groups in total. The van der Waals surface area contributed by atoms with Crippen LogP contribution in [0.3, 0.4) is 0 Å². The summed E-state index contributed by atoms with van der Waals surface area (Å²) in [5.41, 5.74) is 1.29. The molecule has 4 nitrogen and oxygen atoms in total. The average Bonchev–Trinajstić information content (AvgIpc) is 3.08. The molecule has 0 spiro atoms. The first kappa shape index (κ1) is 11.4. The third-order valence-corrected chi connectivity index (χ3v) is 5.03. The summed E-state index contributed by atoms with van der Waals surface area (Å²) in [6.07, 6.45) is 8.60. The molecule has 0 bridgehead atoms. The van der Waals surface area contributed by atoms with Crippen molar-refractivity contribution in [3.63, 3.8) is 0 Å². The predicted molar refractivity (Wildman–Crippen MR) is 68.2 cm³/mol. The number of rotatable bonds is 4. The van der Waals surface area contributed by atoms with Crippen LogP contribution in [-0.4, -0.2) is 31.3 Å². The highest BCUT2D eigenvalue weighted by Gasteiger charge is 2.25. The lowest BCUT2D eigenvalue weighted by atomic mass is 10.1. The first-order valence-corrected chi connectivity index (χ1v) is 7.91. The van der Waals surface area contributed by atoms with E-state index in [1.54, 1.807) is 0 Å². The van der Waals surface area contributed by atoms with Crippen LogP contribution < -0.4 is 5.32 Å². The van der Waals surface area contributed by atoms with Crippen molar-refractivity contribution in [3.8, 4) is 0 Å². The second-order valence-corrected chi connectivity index (χ2v) is 6.72. The molecular formula is C12H19N3OS. The molecule has 1 saturated carbocycles. The molecule has 0 atom stereocenters. The highest BCUT2D eigenvalue weighted by molar-refractivity contribution is 7.85. The van der Waals surface area contributed by atoms with Crippen molar-refractivity contribution in [1.29, 1.82) is 0 Å². The molecule has 0 amide bonds. The molecule has 3 rings (SSSR count). The molecule has 2 heterocycles. The third kappa shape index (κ3) is 2.77. The van der Waals surface area contributed by atoms with Gasteiger partial charge in [0.25, 0.3) is 0 Å². The van der Waals surface area contributed by atoms with Crippen molar-refractivity contribution >= 4 is 10.8 Å². The Bertz CT molecular complexity index is 404. The maximum Gasteiger partial charge on any atom is 0.0951 e. The van der Waals surface area contributed by atoms with E-state index < -0.39 is 10.8 Å². The minimum Gasteiger partial charge on any atom is -0.330 e. The molecule has 0 aromatic carbocycles. The van der Waals surface area contributed by atoms with E-state index in [1.807, 2.05) is 12.5 Å². The van der Waals surface area contributed by atoms with Crippen molar-refractivity contribution in [2.24, 2.45) is 0 Å². The van der Waals surface area contributed by atoms with Crippen molar-refractivity contribution in [2.75, 3.05) is 11.5 Å². The van der Waals surface area contributed by atoms with Crippen LogP contribution in [0, 0.1) is 0 Å². The van der Waals surface area contributed by atoms with Gasteiger partial charge in [0, 0.05) is 47.1 Å². The lowest BCUT2D eigenvalue weighted by Crippen LogP contribution is -2.35. The van der Waals surface area contributed by atoms with Gasteiger partial charge in [-0.1, -0.05) is 0 Å². The molecule has 1 saturated heterocycles. The largest absolute Gasteiger partial charge is 0.330 e. The molecule has 2 fully saturated rings. The number of imidazole rings is 1. The van der Waals surface area contributed by atoms with E-state index in [0.717, 1.165) is 30.9 Å². The molecule has 1 aliphatic carbocycles. The van der Waals surface area contributed by atoms with E-state index in [-0.39, 0.29) is 0 Å². The maximum absolute atomic E-state index is 11.3. The zero-order chi connectivity index (χ0) is 11.7. The van der Waals surface area contributed by atoms with E-state index in [4.69, 9.17) is 0 Å². The Hall–Kier alpha value is -0.680. The minimum atomic E-state index is -0.560. The molecule has 17 heavy (non-hydrogen) atoms. The quantitative estimate of drug-likeness (QED) is 0.877. The van der Waals surface area contributed by atoms with Gasteiger partial charge >= 0.3 is 0 Å². The Kier molecular flexibility index (Phi) is 3.29. The molecule has 1 aromatic heterocycles. The van der Waals surface area contributed by atoms with Gasteiger partial charge in [-0.2, -0.15) is 0 Å². The van der Waals surface area contributed by atoms with Gasteiger partial charge in [-0.15, -0.1) is 0 Å². The summed E-state index contributed by atoms with van der Waals surface area (Å²) in [6.45, 7) is 0.897. The zero-order valence-corrected chi connectivity index (χ0v) is 10.8. The first-order valence-electron chi connectivity index (χ1n) is 6.42. The molecule has 0 radical (unpaired) electrons. The summed E-state index contributed by atoms with van der Waals surface area (Å²) in [4.78, 5) is 4.23. The highest BCUT2D eigenvalue weighted by Crippen LogP contribution is 2.35. The van der Waals surface area contributed by atoms with Crippen LogP contribution >= 0.6 is 0 Å². The maximum atomic E-state index is 11.3. The van der Waals surface area contributed by atoms with Gasteiger partial charge in [-0.05, 0) is 25.7 Å². The molecule has 5 heteroatoms. The smallest absolute Gasteiger partial charge is 0.0951 e. The highest BCUT2D eigenvalue weighted by atomic mass is 32.2. The average molecular weight is 253 g/mol. The van der Waals surface area contributed by atoms with Crippen molar-refractivity contribution in [1.82, 2.24) is 14.9 Å². The summed E-state index contributed by atoms with van der Waals surface area (Å²) < 4.78 is 13.6. The number of hydrogen-bond acceptors (Lipinski definition) is 3.